The van der Waals surface area contributed by atoms with Crippen LogP contribution < -0.4 is 0 Å². The maximum absolute atomic E-state index is 10.5. The molecule has 1 saturated carbocycles. The van der Waals surface area contributed by atoms with Crippen molar-refractivity contribution < 1.29 is 14.6 Å². The maximum atomic E-state index is 10.5. The first-order valence-electron chi connectivity index (χ1n) is 3.85. The van der Waals surface area contributed by atoms with E-state index in [9.17, 15) is 4.79 Å². The molecule has 1 rings (SSSR count). The Balaban J connectivity index is 2.30. The number of carboxylic acids is 1. The summed E-state index contributed by atoms with van der Waals surface area (Å²) < 4.78 is 5.04. The quantitative estimate of drug-likeness (QED) is 0.659. The number of hydrogen-bond acceptors (Lipinski definition) is 2. The van der Waals surface area contributed by atoms with E-state index >= 15 is 0 Å². The summed E-state index contributed by atoms with van der Waals surface area (Å²) >= 11 is 0. The van der Waals surface area contributed by atoms with Crippen molar-refractivity contribution in [2.24, 2.45) is 5.92 Å². The molecule has 0 aromatic rings. The van der Waals surface area contributed by atoms with Crippen LogP contribution >= 0.6 is 0 Å². The van der Waals surface area contributed by atoms with Crippen molar-refractivity contribution in [2.75, 3.05) is 7.11 Å². The molecule has 3 heteroatoms. The molecule has 11 heavy (non-hydrogen) atoms. The van der Waals surface area contributed by atoms with E-state index in [1.165, 1.54) is 0 Å². The fraction of sp³-hybridized carbons (Fsp3) is 0.750. The van der Waals surface area contributed by atoms with Crippen molar-refractivity contribution in [2.45, 2.75) is 25.7 Å². The van der Waals surface area contributed by atoms with Gasteiger partial charge in [-0.2, -0.15) is 0 Å². The number of carbonyl (C=O) groups is 1. The van der Waals surface area contributed by atoms with Gasteiger partial charge in [-0.15, -0.1) is 0 Å². The predicted octanol–water partition coefficient (Wildman–Crippen LogP) is 1.44. The molecule has 1 aliphatic rings. The summed E-state index contributed by atoms with van der Waals surface area (Å²) in [6, 6.07) is 0. The van der Waals surface area contributed by atoms with Crippen LogP contribution in [0, 0.1) is 12.0 Å². The maximum Gasteiger partial charge on any atom is 0.306 e. The molecule has 0 aliphatic heterocycles. The Kier molecular flexibility index (Phi) is 2.88. The summed E-state index contributed by atoms with van der Waals surface area (Å²) in [5.74, 6) is -0.811. The average Bonchev–Trinajstić information content (AvgIpc) is 2.05. The molecule has 0 spiro atoms. The van der Waals surface area contributed by atoms with Crippen LogP contribution in [0.3, 0.4) is 0 Å². The normalized spacial score (nSPS) is 21.9. The molecular formula is C8H13O3. The van der Waals surface area contributed by atoms with E-state index in [-0.39, 0.29) is 5.92 Å². The van der Waals surface area contributed by atoms with Gasteiger partial charge in [-0.25, -0.2) is 0 Å². The Morgan fingerprint density at radius 2 is 2.09 bits per heavy atom. The van der Waals surface area contributed by atoms with Crippen LogP contribution in [0.2, 0.25) is 0 Å². The SMILES string of the molecule is CO[C]1CCC(C(=O)O)CC1. The summed E-state index contributed by atoms with van der Waals surface area (Å²) in [5, 5.41) is 8.65. The second-order valence-electron chi connectivity index (χ2n) is 2.86. The van der Waals surface area contributed by atoms with Crippen molar-refractivity contribution in [3.05, 3.63) is 6.10 Å². The Morgan fingerprint density at radius 1 is 1.55 bits per heavy atom. The highest BCUT2D eigenvalue weighted by Gasteiger charge is 2.25. The van der Waals surface area contributed by atoms with Crippen molar-refractivity contribution in [1.82, 2.24) is 0 Å². The number of carboxylic acid groups (broad SMARTS) is 1. The monoisotopic (exact) mass is 157 g/mol. The standard InChI is InChI=1S/C8H13O3/c1-11-7-4-2-6(3-5-7)8(9)10/h6H,2-5H2,1H3,(H,9,10). The minimum Gasteiger partial charge on any atom is -0.481 e. The van der Waals surface area contributed by atoms with Crippen LogP contribution in [0.1, 0.15) is 25.7 Å². The fourth-order valence-electron chi connectivity index (χ4n) is 1.39. The lowest BCUT2D eigenvalue weighted by molar-refractivity contribution is -0.142. The predicted molar refractivity (Wildman–Crippen MR) is 39.8 cm³/mol. The van der Waals surface area contributed by atoms with Crippen LogP contribution in [-0.2, 0) is 9.53 Å². The Morgan fingerprint density at radius 3 is 2.45 bits per heavy atom. The van der Waals surface area contributed by atoms with E-state index in [1.807, 2.05) is 0 Å². The van der Waals surface area contributed by atoms with Gasteiger partial charge in [0, 0.05) is 7.11 Å². The molecule has 0 aromatic carbocycles. The lowest BCUT2D eigenvalue weighted by Crippen LogP contribution is -2.20. The molecule has 1 aliphatic carbocycles. The molecule has 0 bridgehead atoms. The highest BCUT2D eigenvalue weighted by Crippen LogP contribution is 2.30. The summed E-state index contributed by atoms with van der Waals surface area (Å²) in [6.45, 7) is 0. The third-order valence-corrected chi connectivity index (χ3v) is 2.18. The van der Waals surface area contributed by atoms with E-state index < -0.39 is 5.97 Å². The van der Waals surface area contributed by atoms with Crippen molar-refractivity contribution >= 4 is 5.97 Å². The summed E-state index contributed by atoms with van der Waals surface area (Å²) in [5.41, 5.74) is 0. The van der Waals surface area contributed by atoms with Crippen molar-refractivity contribution in [1.29, 1.82) is 0 Å². The zero-order valence-electron chi connectivity index (χ0n) is 6.67. The van der Waals surface area contributed by atoms with Gasteiger partial charge >= 0.3 is 5.97 Å². The Hall–Kier alpha value is -0.570. The van der Waals surface area contributed by atoms with Gasteiger partial charge in [-0.05, 0) is 25.7 Å². The van der Waals surface area contributed by atoms with Gasteiger partial charge in [0.2, 0.25) is 0 Å². The topological polar surface area (TPSA) is 46.5 Å². The number of ether oxygens (including phenoxy) is 1. The number of rotatable bonds is 2. The zero-order valence-corrected chi connectivity index (χ0v) is 6.67. The highest BCUT2D eigenvalue weighted by molar-refractivity contribution is 5.70. The minimum absolute atomic E-state index is 0.145. The largest absolute Gasteiger partial charge is 0.481 e. The van der Waals surface area contributed by atoms with E-state index in [0.717, 1.165) is 31.8 Å². The third-order valence-electron chi connectivity index (χ3n) is 2.18. The van der Waals surface area contributed by atoms with Crippen LogP contribution in [0.15, 0.2) is 0 Å². The van der Waals surface area contributed by atoms with Gasteiger partial charge in [-0.3, -0.25) is 4.79 Å². The first kappa shape index (κ1) is 8.53. The molecule has 0 unspecified atom stereocenters. The Bertz CT molecular complexity index is 136. The summed E-state index contributed by atoms with van der Waals surface area (Å²) in [6.07, 6.45) is 4.14. The molecule has 3 nitrogen and oxygen atoms in total. The summed E-state index contributed by atoms with van der Waals surface area (Å²) in [7, 11) is 1.65. The Labute approximate surface area is 66.4 Å². The van der Waals surface area contributed by atoms with Gasteiger partial charge in [0.1, 0.15) is 0 Å². The molecule has 0 aromatic heterocycles. The van der Waals surface area contributed by atoms with E-state index in [0.29, 0.717) is 0 Å². The second-order valence-corrected chi connectivity index (χ2v) is 2.86. The lowest BCUT2D eigenvalue weighted by Gasteiger charge is -2.23. The number of hydrogen-bond donors (Lipinski definition) is 1. The smallest absolute Gasteiger partial charge is 0.306 e. The van der Waals surface area contributed by atoms with Crippen molar-refractivity contribution in [3.63, 3.8) is 0 Å². The molecule has 0 saturated heterocycles. The first-order chi connectivity index (χ1) is 5.24. The van der Waals surface area contributed by atoms with Crippen LogP contribution in [0.5, 0.6) is 0 Å². The third kappa shape index (κ3) is 2.19. The van der Waals surface area contributed by atoms with E-state index in [1.54, 1.807) is 7.11 Å². The van der Waals surface area contributed by atoms with E-state index in [4.69, 9.17) is 9.84 Å². The van der Waals surface area contributed by atoms with Crippen LogP contribution in [0.25, 0.3) is 0 Å². The first-order valence-corrected chi connectivity index (χ1v) is 3.85. The summed E-state index contributed by atoms with van der Waals surface area (Å²) in [4.78, 5) is 10.5. The molecule has 0 amide bonds. The highest BCUT2D eigenvalue weighted by atomic mass is 16.5. The number of aliphatic carboxylic acids is 1. The minimum atomic E-state index is -0.667. The molecule has 63 valence electrons. The molecule has 0 heterocycles. The average molecular weight is 157 g/mol. The lowest BCUT2D eigenvalue weighted by atomic mass is 9.87. The molecule has 0 atom stereocenters. The van der Waals surface area contributed by atoms with Crippen molar-refractivity contribution in [3.8, 4) is 0 Å². The van der Waals surface area contributed by atoms with Gasteiger partial charge in [0.25, 0.3) is 0 Å². The van der Waals surface area contributed by atoms with Crippen LogP contribution in [-0.4, -0.2) is 18.2 Å². The number of methoxy groups -OCH3 is 1. The molecule has 1 N–H and O–H groups in total. The van der Waals surface area contributed by atoms with Crippen LogP contribution in [0.4, 0.5) is 0 Å². The molecular weight excluding hydrogens is 144 g/mol. The van der Waals surface area contributed by atoms with Gasteiger partial charge < -0.3 is 9.84 Å². The van der Waals surface area contributed by atoms with Gasteiger partial charge in [0.15, 0.2) is 0 Å². The molecule has 1 radical (unpaired) electrons. The zero-order chi connectivity index (χ0) is 8.27. The van der Waals surface area contributed by atoms with Gasteiger partial charge in [0.05, 0.1) is 12.0 Å². The van der Waals surface area contributed by atoms with Gasteiger partial charge in [-0.1, -0.05) is 0 Å². The fourth-order valence-corrected chi connectivity index (χ4v) is 1.39. The molecule has 1 fully saturated rings. The second kappa shape index (κ2) is 3.72. The van der Waals surface area contributed by atoms with E-state index in [2.05, 4.69) is 0 Å².